The third kappa shape index (κ3) is 2.39. The highest BCUT2D eigenvalue weighted by molar-refractivity contribution is 5.74. The van der Waals surface area contributed by atoms with Gasteiger partial charge in [0.2, 0.25) is 0 Å². The predicted molar refractivity (Wildman–Crippen MR) is 73.7 cm³/mol. The molecule has 3 nitrogen and oxygen atoms in total. The minimum atomic E-state index is -0.614. The van der Waals surface area contributed by atoms with Gasteiger partial charge in [-0.3, -0.25) is 9.69 Å². The van der Waals surface area contributed by atoms with Crippen LogP contribution in [0.5, 0.6) is 0 Å². The summed E-state index contributed by atoms with van der Waals surface area (Å²) in [6.45, 7) is 5.03. The third-order valence-corrected chi connectivity index (χ3v) is 4.84. The molecule has 2 fully saturated rings. The van der Waals surface area contributed by atoms with Gasteiger partial charge in [-0.25, -0.2) is 0 Å². The molecule has 1 aliphatic carbocycles. The standard InChI is InChI=1S/C16H21NO2/c1-16(15(18)19)7-13-10-17(11-14(13)8-16)9-12-5-3-2-4-6-12/h2-6,13-14H,7-11H2,1H3,(H,18,19)/t13-,14+,16?. The molecule has 1 heterocycles. The summed E-state index contributed by atoms with van der Waals surface area (Å²) in [7, 11) is 0. The van der Waals surface area contributed by atoms with E-state index in [4.69, 9.17) is 0 Å². The fourth-order valence-corrected chi connectivity index (χ4v) is 3.88. The zero-order valence-corrected chi connectivity index (χ0v) is 11.4. The number of hydrogen-bond donors (Lipinski definition) is 1. The van der Waals surface area contributed by atoms with Gasteiger partial charge in [-0.1, -0.05) is 30.3 Å². The average Bonchev–Trinajstić information content (AvgIpc) is 2.85. The second-order valence-corrected chi connectivity index (χ2v) is 6.47. The van der Waals surface area contributed by atoms with Crippen molar-refractivity contribution in [2.75, 3.05) is 13.1 Å². The summed E-state index contributed by atoms with van der Waals surface area (Å²) in [5, 5.41) is 9.32. The van der Waals surface area contributed by atoms with Gasteiger partial charge in [0.25, 0.3) is 0 Å². The maximum absolute atomic E-state index is 11.3. The lowest BCUT2D eigenvalue weighted by Gasteiger charge is -2.22. The number of benzene rings is 1. The molecule has 102 valence electrons. The zero-order chi connectivity index (χ0) is 13.5. The Morgan fingerprint density at radius 2 is 1.84 bits per heavy atom. The van der Waals surface area contributed by atoms with Crippen molar-refractivity contribution in [3.8, 4) is 0 Å². The summed E-state index contributed by atoms with van der Waals surface area (Å²) in [5.74, 6) is 0.533. The minimum absolute atomic E-state index is 0.478. The van der Waals surface area contributed by atoms with Gasteiger partial charge in [0.15, 0.2) is 0 Å². The van der Waals surface area contributed by atoms with Crippen molar-refractivity contribution >= 4 is 5.97 Å². The van der Waals surface area contributed by atoms with Gasteiger partial charge >= 0.3 is 5.97 Å². The van der Waals surface area contributed by atoms with Gasteiger partial charge in [-0.2, -0.15) is 0 Å². The van der Waals surface area contributed by atoms with Crippen molar-refractivity contribution in [2.45, 2.75) is 26.3 Å². The van der Waals surface area contributed by atoms with Crippen molar-refractivity contribution in [2.24, 2.45) is 17.3 Å². The Labute approximate surface area is 114 Å². The molecule has 3 atom stereocenters. The Hall–Kier alpha value is -1.35. The highest BCUT2D eigenvalue weighted by atomic mass is 16.4. The number of rotatable bonds is 3. The summed E-state index contributed by atoms with van der Waals surface area (Å²) < 4.78 is 0. The Morgan fingerprint density at radius 3 is 2.37 bits per heavy atom. The van der Waals surface area contributed by atoms with Crippen LogP contribution in [-0.4, -0.2) is 29.1 Å². The van der Waals surface area contributed by atoms with E-state index < -0.39 is 11.4 Å². The maximum atomic E-state index is 11.3. The number of likely N-dealkylation sites (tertiary alicyclic amines) is 1. The summed E-state index contributed by atoms with van der Waals surface area (Å²) in [6, 6.07) is 10.5. The van der Waals surface area contributed by atoms with Crippen LogP contribution in [0.3, 0.4) is 0 Å². The molecule has 1 saturated heterocycles. The first-order chi connectivity index (χ1) is 9.07. The highest BCUT2D eigenvalue weighted by Gasteiger charge is 2.50. The van der Waals surface area contributed by atoms with Crippen LogP contribution in [0.25, 0.3) is 0 Å². The number of hydrogen-bond acceptors (Lipinski definition) is 2. The minimum Gasteiger partial charge on any atom is -0.481 e. The first-order valence-corrected chi connectivity index (χ1v) is 7.06. The lowest BCUT2D eigenvalue weighted by atomic mass is 9.87. The summed E-state index contributed by atoms with van der Waals surface area (Å²) >= 11 is 0. The molecule has 3 heteroatoms. The SMILES string of the molecule is CC1(C(=O)O)C[C@H]2CN(Cc3ccccc3)C[C@H]2C1. The van der Waals surface area contributed by atoms with E-state index in [2.05, 4.69) is 29.2 Å². The molecule has 0 aromatic heterocycles. The van der Waals surface area contributed by atoms with E-state index in [1.165, 1.54) is 5.56 Å². The van der Waals surface area contributed by atoms with Crippen LogP contribution in [0.2, 0.25) is 0 Å². The lowest BCUT2D eigenvalue weighted by molar-refractivity contribution is -0.148. The molecule has 3 rings (SSSR count). The first kappa shape index (κ1) is 12.7. The van der Waals surface area contributed by atoms with E-state index >= 15 is 0 Å². The Morgan fingerprint density at radius 1 is 1.26 bits per heavy atom. The van der Waals surface area contributed by atoms with E-state index in [1.807, 2.05) is 13.0 Å². The number of carboxylic acid groups (broad SMARTS) is 1. The maximum Gasteiger partial charge on any atom is 0.309 e. The van der Waals surface area contributed by atoms with Crippen LogP contribution in [0.1, 0.15) is 25.3 Å². The molecule has 1 aromatic carbocycles. The molecule has 1 aromatic rings. The van der Waals surface area contributed by atoms with Crippen molar-refractivity contribution in [1.29, 1.82) is 0 Å². The molecular formula is C16H21NO2. The number of aliphatic carboxylic acids is 1. The molecule has 2 aliphatic rings. The molecular weight excluding hydrogens is 238 g/mol. The average molecular weight is 259 g/mol. The second kappa shape index (κ2) is 4.64. The van der Waals surface area contributed by atoms with Crippen LogP contribution in [0, 0.1) is 17.3 Å². The quantitative estimate of drug-likeness (QED) is 0.907. The monoisotopic (exact) mass is 259 g/mol. The first-order valence-electron chi connectivity index (χ1n) is 7.06. The van der Waals surface area contributed by atoms with Crippen molar-refractivity contribution in [1.82, 2.24) is 4.90 Å². The number of carbonyl (C=O) groups is 1. The molecule has 1 N–H and O–H groups in total. The smallest absolute Gasteiger partial charge is 0.309 e. The molecule has 19 heavy (non-hydrogen) atoms. The van der Waals surface area contributed by atoms with E-state index in [9.17, 15) is 9.90 Å². The number of nitrogens with zero attached hydrogens (tertiary/aromatic N) is 1. The van der Waals surface area contributed by atoms with Crippen LogP contribution in [0.4, 0.5) is 0 Å². The van der Waals surface area contributed by atoms with Crippen LogP contribution >= 0.6 is 0 Å². The van der Waals surface area contributed by atoms with E-state index in [0.29, 0.717) is 11.8 Å². The van der Waals surface area contributed by atoms with Gasteiger partial charge in [-0.15, -0.1) is 0 Å². The Bertz CT molecular complexity index is 457. The van der Waals surface area contributed by atoms with Crippen molar-refractivity contribution < 1.29 is 9.90 Å². The summed E-state index contributed by atoms with van der Waals surface area (Å²) in [5.41, 5.74) is 0.872. The molecule has 0 amide bonds. The zero-order valence-electron chi connectivity index (χ0n) is 11.4. The summed E-state index contributed by atoms with van der Waals surface area (Å²) in [4.78, 5) is 13.8. The molecule has 0 radical (unpaired) electrons. The van der Waals surface area contributed by atoms with Gasteiger partial charge in [-0.05, 0) is 37.2 Å². The van der Waals surface area contributed by atoms with Crippen LogP contribution in [0.15, 0.2) is 30.3 Å². The Balaban J connectivity index is 1.61. The van der Waals surface area contributed by atoms with Gasteiger partial charge in [0.05, 0.1) is 5.41 Å². The Kier molecular flexibility index (Phi) is 3.09. The van der Waals surface area contributed by atoms with Gasteiger partial charge in [0, 0.05) is 19.6 Å². The molecule has 0 spiro atoms. The van der Waals surface area contributed by atoms with Crippen LogP contribution < -0.4 is 0 Å². The molecule has 0 bridgehead atoms. The fourth-order valence-electron chi connectivity index (χ4n) is 3.88. The van der Waals surface area contributed by atoms with Crippen molar-refractivity contribution in [3.63, 3.8) is 0 Å². The molecule has 1 aliphatic heterocycles. The van der Waals surface area contributed by atoms with Crippen molar-refractivity contribution in [3.05, 3.63) is 35.9 Å². The second-order valence-electron chi connectivity index (χ2n) is 6.47. The predicted octanol–water partition coefficient (Wildman–Crippen LogP) is 2.62. The van der Waals surface area contributed by atoms with Crippen LogP contribution in [-0.2, 0) is 11.3 Å². The topological polar surface area (TPSA) is 40.5 Å². The number of carboxylic acids is 1. The van der Waals surface area contributed by atoms with Gasteiger partial charge in [0.1, 0.15) is 0 Å². The normalized spacial score (nSPS) is 34.4. The van der Waals surface area contributed by atoms with E-state index in [0.717, 1.165) is 32.5 Å². The largest absolute Gasteiger partial charge is 0.481 e. The van der Waals surface area contributed by atoms with E-state index in [-0.39, 0.29) is 0 Å². The lowest BCUT2D eigenvalue weighted by Crippen LogP contribution is -2.29. The summed E-state index contributed by atoms with van der Waals surface area (Å²) in [6.07, 6.45) is 1.69. The molecule has 1 saturated carbocycles. The fraction of sp³-hybridized carbons (Fsp3) is 0.562. The molecule has 1 unspecified atom stereocenters. The highest BCUT2D eigenvalue weighted by Crippen LogP contribution is 2.49. The van der Waals surface area contributed by atoms with Gasteiger partial charge < -0.3 is 5.11 Å². The number of fused-ring (bicyclic) bond motifs is 1. The van der Waals surface area contributed by atoms with E-state index in [1.54, 1.807) is 0 Å². The third-order valence-electron chi connectivity index (χ3n) is 4.84.